The van der Waals surface area contributed by atoms with E-state index in [1.54, 1.807) is 30.3 Å². The third-order valence-corrected chi connectivity index (χ3v) is 4.32. The number of hydrogen-bond donors (Lipinski definition) is 0. The first-order valence-corrected chi connectivity index (χ1v) is 8.99. The van der Waals surface area contributed by atoms with Crippen LogP contribution in [-0.2, 0) is 9.47 Å². The van der Waals surface area contributed by atoms with Gasteiger partial charge in [-0.1, -0.05) is 18.2 Å². The molecule has 3 aromatic rings. The maximum Gasteiger partial charge on any atom is 0.573 e. The minimum atomic E-state index is -4.91. The van der Waals surface area contributed by atoms with Crippen LogP contribution in [0.25, 0.3) is 16.9 Å². The molecule has 11 heteroatoms. The lowest BCUT2D eigenvalue weighted by Crippen LogP contribution is -2.17. The Kier molecular flexibility index (Phi) is 6.37. The zero-order valence-electron chi connectivity index (χ0n) is 17.1. The Hall–Kier alpha value is -4.02. The number of benzene rings is 2. The summed E-state index contributed by atoms with van der Waals surface area (Å²) in [7, 11) is 3.48. The van der Waals surface area contributed by atoms with E-state index in [1.807, 2.05) is 0 Å². The Morgan fingerprint density at radius 2 is 1.59 bits per heavy atom. The molecule has 0 aliphatic heterocycles. The molecule has 0 bridgehead atoms. The number of carbonyl (C=O) groups excluding carboxylic acids is 2. The van der Waals surface area contributed by atoms with Gasteiger partial charge in [-0.2, -0.15) is 5.10 Å². The Morgan fingerprint density at radius 1 is 0.938 bits per heavy atom. The molecule has 1 heterocycles. The lowest BCUT2D eigenvalue weighted by Gasteiger charge is -2.12. The second kappa shape index (κ2) is 9.00. The molecular weight excluding hydrogens is 433 g/mol. The fourth-order valence-corrected chi connectivity index (χ4v) is 3.01. The second-order valence-corrected chi connectivity index (χ2v) is 6.21. The van der Waals surface area contributed by atoms with Crippen molar-refractivity contribution < 1.29 is 41.7 Å². The van der Waals surface area contributed by atoms with E-state index in [4.69, 9.17) is 14.2 Å². The summed E-state index contributed by atoms with van der Waals surface area (Å²) in [5.41, 5.74) is 0.0308. The Bertz CT molecular complexity index is 1140. The molecule has 0 aliphatic carbocycles. The average molecular weight is 450 g/mol. The summed E-state index contributed by atoms with van der Waals surface area (Å²) in [4.78, 5) is 25.2. The summed E-state index contributed by atoms with van der Waals surface area (Å²) in [6.45, 7) is 0. The molecule has 2 aromatic carbocycles. The van der Waals surface area contributed by atoms with Gasteiger partial charge in [0, 0.05) is 11.6 Å². The molecule has 0 unspecified atom stereocenters. The van der Waals surface area contributed by atoms with Gasteiger partial charge in [0.15, 0.2) is 5.69 Å². The van der Waals surface area contributed by atoms with Crippen LogP contribution in [0.2, 0.25) is 0 Å². The molecule has 0 atom stereocenters. The minimum Gasteiger partial charge on any atom is -0.496 e. The van der Waals surface area contributed by atoms with Crippen LogP contribution in [0, 0.1) is 0 Å². The maximum absolute atomic E-state index is 12.7. The first kappa shape index (κ1) is 22.7. The van der Waals surface area contributed by atoms with Crippen LogP contribution < -0.4 is 9.47 Å². The molecule has 32 heavy (non-hydrogen) atoms. The molecule has 0 radical (unpaired) electrons. The summed E-state index contributed by atoms with van der Waals surface area (Å²) in [6.07, 6.45) is -4.91. The van der Waals surface area contributed by atoms with E-state index in [1.165, 1.54) is 17.9 Å². The van der Waals surface area contributed by atoms with E-state index in [9.17, 15) is 22.8 Å². The highest BCUT2D eigenvalue weighted by Crippen LogP contribution is 2.38. The van der Waals surface area contributed by atoms with Crippen LogP contribution in [0.15, 0.2) is 48.5 Å². The van der Waals surface area contributed by atoms with Crippen LogP contribution in [0.4, 0.5) is 13.2 Å². The zero-order valence-corrected chi connectivity index (χ0v) is 17.1. The van der Waals surface area contributed by atoms with Crippen LogP contribution in [0.5, 0.6) is 11.5 Å². The molecule has 0 fully saturated rings. The molecule has 0 N–H and O–H groups in total. The Morgan fingerprint density at radius 3 is 2.16 bits per heavy atom. The van der Waals surface area contributed by atoms with Crippen LogP contribution in [0.1, 0.15) is 20.8 Å². The monoisotopic (exact) mass is 450 g/mol. The Labute approximate surface area is 180 Å². The van der Waals surface area contributed by atoms with E-state index in [0.717, 1.165) is 26.4 Å². The van der Waals surface area contributed by atoms with Crippen molar-refractivity contribution in [3.63, 3.8) is 0 Å². The van der Waals surface area contributed by atoms with Crippen molar-refractivity contribution in [3.8, 4) is 28.4 Å². The highest BCUT2D eigenvalue weighted by atomic mass is 19.4. The van der Waals surface area contributed by atoms with Crippen molar-refractivity contribution in [2.75, 3.05) is 21.3 Å². The van der Waals surface area contributed by atoms with E-state index < -0.39 is 24.1 Å². The standard InChI is InChI=1S/C21H17F3N2O6/c1-29-15-11-13(32-21(22,23)24)9-10-14(15)17-16(19(27)30-2)18(20(28)31-3)26(25-17)12-7-5-4-6-8-12/h4-11H,1-3H3. The molecule has 3 rings (SSSR count). The number of carbonyl (C=O) groups is 2. The highest BCUT2D eigenvalue weighted by molar-refractivity contribution is 6.07. The van der Waals surface area contributed by atoms with Gasteiger partial charge >= 0.3 is 18.3 Å². The highest BCUT2D eigenvalue weighted by Gasteiger charge is 2.34. The fourth-order valence-electron chi connectivity index (χ4n) is 3.01. The van der Waals surface area contributed by atoms with E-state index in [0.29, 0.717) is 5.69 Å². The summed E-state index contributed by atoms with van der Waals surface area (Å²) in [6, 6.07) is 11.7. The molecule has 0 amide bonds. The van der Waals surface area contributed by atoms with Gasteiger partial charge in [0.2, 0.25) is 0 Å². The number of methoxy groups -OCH3 is 3. The van der Waals surface area contributed by atoms with Crippen LogP contribution in [0.3, 0.4) is 0 Å². The SMILES string of the molecule is COC(=O)c1c(-c2ccc(OC(F)(F)F)cc2OC)nn(-c2ccccc2)c1C(=O)OC. The number of nitrogens with zero attached hydrogens (tertiary/aromatic N) is 2. The maximum atomic E-state index is 12.7. The van der Waals surface area contributed by atoms with Crippen molar-refractivity contribution in [3.05, 3.63) is 59.8 Å². The first-order valence-electron chi connectivity index (χ1n) is 8.99. The van der Waals surface area contributed by atoms with E-state index in [-0.39, 0.29) is 28.3 Å². The second-order valence-electron chi connectivity index (χ2n) is 6.21. The van der Waals surface area contributed by atoms with Gasteiger partial charge < -0.3 is 18.9 Å². The van der Waals surface area contributed by atoms with Gasteiger partial charge in [-0.3, -0.25) is 0 Å². The van der Waals surface area contributed by atoms with Gasteiger partial charge in [-0.25, -0.2) is 14.3 Å². The van der Waals surface area contributed by atoms with Gasteiger partial charge in [-0.15, -0.1) is 13.2 Å². The number of rotatable bonds is 6. The average Bonchev–Trinajstić information content (AvgIpc) is 3.17. The molecular formula is C21H17F3N2O6. The fraction of sp³-hybridized carbons (Fsp3) is 0.190. The van der Waals surface area contributed by atoms with Crippen molar-refractivity contribution in [1.29, 1.82) is 0 Å². The van der Waals surface area contributed by atoms with Crippen molar-refractivity contribution in [2.45, 2.75) is 6.36 Å². The van der Waals surface area contributed by atoms with E-state index in [2.05, 4.69) is 9.84 Å². The zero-order chi connectivity index (χ0) is 23.5. The third-order valence-electron chi connectivity index (χ3n) is 4.32. The van der Waals surface area contributed by atoms with Crippen LogP contribution >= 0.6 is 0 Å². The number of halogens is 3. The van der Waals surface area contributed by atoms with Crippen LogP contribution in [-0.4, -0.2) is 49.4 Å². The molecule has 168 valence electrons. The molecule has 0 saturated carbocycles. The summed E-state index contributed by atoms with van der Waals surface area (Å²) >= 11 is 0. The largest absolute Gasteiger partial charge is 0.573 e. The molecule has 8 nitrogen and oxygen atoms in total. The van der Waals surface area contributed by atoms with Gasteiger partial charge in [0.1, 0.15) is 22.8 Å². The first-order chi connectivity index (χ1) is 15.2. The summed E-state index contributed by atoms with van der Waals surface area (Å²) in [5.74, 6) is -2.39. The predicted octanol–water partition coefficient (Wildman–Crippen LogP) is 4.02. The lowest BCUT2D eigenvalue weighted by atomic mass is 10.0. The smallest absolute Gasteiger partial charge is 0.496 e. The molecule has 0 spiro atoms. The van der Waals surface area contributed by atoms with Gasteiger partial charge in [-0.05, 0) is 24.3 Å². The quantitative estimate of drug-likeness (QED) is 0.524. The van der Waals surface area contributed by atoms with Crippen molar-refractivity contribution in [1.82, 2.24) is 9.78 Å². The topological polar surface area (TPSA) is 88.9 Å². The number of ether oxygens (including phenoxy) is 4. The van der Waals surface area contributed by atoms with Gasteiger partial charge in [0.05, 0.1) is 27.0 Å². The molecule has 1 aromatic heterocycles. The molecule has 0 saturated heterocycles. The van der Waals surface area contributed by atoms with Crippen molar-refractivity contribution in [2.24, 2.45) is 0 Å². The van der Waals surface area contributed by atoms with Crippen molar-refractivity contribution >= 4 is 11.9 Å². The Balaban J connectivity index is 2.30. The number of aromatic nitrogens is 2. The molecule has 0 aliphatic rings. The number of para-hydroxylation sites is 1. The van der Waals surface area contributed by atoms with E-state index >= 15 is 0 Å². The normalized spacial score (nSPS) is 11.1. The number of hydrogen-bond acceptors (Lipinski definition) is 7. The lowest BCUT2D eigenvalue weighted by molar-refractivity contribution is -0.274. The third kappa shape index (κ3) is 4.51. The van der Waals surface area contributed by atoms with Gasteiger partial charge in [0.25, 0.3) is 0 Å². The summed E-state index contributed by atoms with van der Waals surface area (Å²) < 4.78 is 57.8. The number of esters is 2. The number of alkyl halides is 3. The summed E-state index contributed by atoms with van der Waals surface area (Å²) in [5, 5.41) is 4.37. The predicted molar refractivity (Wildman–Crippen MR) is 105 cm³/mol. The minimum absolute atomic E-state index is 0.0588.